The van der Waals surface area contributed by atoms with E-state index in [1.165, 1.54) is 12.1 Å². The lowest BCUT2D eigenvalue weighted by Crippen LogP contribution is -2.17. The number of carbonyl (C=O) groups is 1. The molecule has 0 aliphatic rings. The monoisotopic (exact) mass is 168 g/mol. The van der Waals surface area contributed by atoms with Crippen LogP contribution < -0.4 is 21.9 Å². The number of primary amides is 1. The summed E-state index contributed by atoms with van der Waals surface area (Å²) in [6.07, 6.45) is -0.937. The number of aromatic nitrogens is 1. The molecule has 1 aromatic heterocycles. The van der Waals surface area contributed by atoms with Gasteiger partial charge in [0.2, 0.25) is 0 Å². The van der Waals surface area contributed by atoms with Gasteiger partial charge in [-0.25, -0.2) is 9.78 Å². The van der Waals surface area contributed by atoms with E-state index < -0.39 is 6.09 Å². The van der Waals surface area contributed by atoms with Crippen molar-refractivity contribution in [3.05, 3.63) is 12.1 Å². The van der Waals surface area contributed by atoms with E-state index in [0.29, 0.717) is 0 Å². The Kier molecular flexibility index (Phi) is 2.00. The third-order valence-corrected chi connectivity index (χ3v) is 1.12. The van der Waals surface area contributed by atoms with Crippen LogP contribution in [0.1, 0.15) is 0 Å². The number of hydrogen-bond donors (Lipinski definition) is 3. The highest BCUT2D eigenvalue weighted by Gasteiger charge is 2.04. The number of amides is 1. The summed E-state index contributed by atoms with van der Waals surface area (Å²) in [5.74, 6) is 0.398. The van der Waals surface area contributed by atoms with Crippen LogP contribution in [0.25, 0.3) is 0 Å². The van der Waals surface area contributed by atoms with E-state index in [1.807, 2.05) is 0 Å². The maximum Gasteiger partial charge on any atom is 0.410 e. The Hall–Kier alpha value is -1.98. The molecule has 0 fully saturated rings. The molecule has 0 atom stereocenters. The first kappa shape index (κ1) is 8.12. The van der Waals surface area contributed by atoms with E-state index in [-0.39, 0.29) is 17.4 Å². The fourth-order valence-electron chi connectivity index (χ4n) is 0.673. The molecule has 1 rings (SSSR count). The number of hydrogen-bond acceptors (Lipinski definition) is 5. The average molecular weight is 168 g/mol. The van der Waals surface area contributed by atoms with E-state index in [1.54, 1.807) is 0 Å². The molecule has 0 aromatic carbocycles. The normalized spacial score (nSPS) is 9.33. The Balaban J connectivity index is 2.93. The van der Waals surface area contributed by atoms with Gasteiger partial charge < -0.3 is 21.9 Å². The summed E-state index contributed by atoms with van der Waals surface area (Å²) in [6, 6.07) is 2.87. The molecular weight excluding hydrogens is 160 g/mol. The molecule has 0 unspecified atom stereocenters. The zero-order valence-corrected chi connectivity index (χ0v) is 6.15. The highest BCUT2D eigenvalue weighted by Crippen LogP contribution is 2.19. The Bertz CT molecular complexity index is 312. The molecule has 0 saturated heterocycles. The van der Waals surface area contributed by atoms with E-state index in [4.69, 9.17) is 17.2 Å². The highest BCUT2D eigenvalue weighted by molar-refractivity contribution is 5.70. The summed E-state index contributed by atoms with van der Waals surface area (Å²) in [6.45, 7) is 0. The molecule has 0 radical (unpaired) electrons. The van der Waals surface area contributed by atoms with Gasteiger partial charge in [-0.3, -0.25) is 0 Å². The summed E-state index contributed by atoms with van der Waals surface area (Å²) >= 11 is 0. The minimum absolute atomic E-state index is 0.0359. The molecule has 0 aliphatic carbocycles. The molecule has 64 valence electrons. The quantitative estimate of drug-likeness (QED) is 0.532. The van der Waals surface area contributed by atoms with Crippen molar-refractivity contribution < 1.29 is 9.53 Å². The van der Waals surface area contributed by atoms with Gasteiger partial charge in [-0.15, -0.1) is 0 Å². The average Bonchev–Trinajstić information content (AvgIpc) is 1.94. The van der Waals surface area contributed by atoms with E-state index in [9.17, 15) is 4.79 Å². The number of anilines is 2. The van der Waals surface area contributed by atoms with Gasteiger partial charge in [0.05, 0.1) is 0 Å². The zero-order valence-electron chi connectivity index (χ0n) is 6.15. The molecule has 0 saturated carbocycles. The van der Waals surface area contributed by atoms with Gasteiger partial charge >= 0.3 is 6.09 Å². The van der Waals surface area contributed by atoms with Crippen molar-refractivity contribution in [1.29, 1.82) is 0 Å². The van der Waals surface area contributed by atoms with Gasteiger partial charge in [-0.05, 0) is 12.1 Å². The number of pyridine rings is 1. The summed E-state index contributed by atoms with van der Waals surface area (Å²) < 4.78 is 4.50. The Morgan fingerprint density at radius 1 is 1.42 bits per heavy atom. The largest absolute Gasteiger partial charge is 0.410 e. The van der Waals surface area contributed by atoms with Crippen molar-refractivity contribution >= 4 is 17.7 Å². The predicted octanol–water partition coefficient (Wildman–Crippen LogP) is -0.296. The fraction of sp³-hybridized carbons (Fsp3) is 0. The fourth-order valence-corrected chi connectivity index (χ4v) is 0.673. The van der Waals surface area contributed by atoms with Crippen LogP contribution in [0, 0.1) is 0 Å². The van der Waals surface area contributed by atoms with E-state index in [2.05, 4.69) is 9.72 Å². The second-order valence-electron chi connectivity index (χ2n) is 2.04. The van der Waals surface area contributed by atoms with Crippen LogP contribution in [0.15, 0.2) is 12.1 Å². The number of nitrogen functional groups attached to an aromatic ring is 2. The lowest BCUT2D eigenvalue weighted by Gasteiger charge is -2.03. The first-order chi connectivity index (χ1) is 5.59. The first-order valence-electron chi connectivity index (χ1n) is 3.09. The van der Waals surface area contributed by atoms with E-state index >= 15 is 0 Å². The Morgan fingerprint density at radius 2 is 2.08 bits per heavy atom. The zero-order chi connectivity index (χ0) is 9.14. The van der Waals surface area contributed by atoms with Gasteiger partial charge in [0.15, 0.2) is 11.6 Å². The van der Waals surface area contributed by atoms with Crippen molar-refractivity contribution in [1.82, 2.24) is 4.98 Å². The van der Waals surface area contributed by atoms with Crippen molar-refractivity contribution in [3.63, 3.8) is 0 Å². The number of carbonyl (C=O) groups excluding carboxylic acids is 1. The first-order valence-corrected chi connectivity index (χ1v) is 3.09. The molecule has 0 spiro atoms. The van der Waals surface area contributed by atoms with Gasteiger partial charge in [-0.1, -0.05) is 0 Å². The van der Waals surface area contributed by atoms with Crippen molar-refractivity contribution in [2.24, 2.45) is 5.73 Å². The molecule has 1 amide bonds. The minimum Gasteiger partial charge on any atom is -0.407 e. The smallest absolute Gasteiger partial charge is 0.407 e. The number of nitrogens with zero attached hydrogens (tertiary/aromatic N) is 1. The second kappa shape index (κ2) is 2.95. The summed E-state index contributed by atoms with van der Waals surface area (Å²) in [5.41, 5.74) is 15.4. The third-order valence-electron chi connectivity index (χ3n) is 1.12. The Labute approximate surface area is 68.3 Å². The molecule has 6 nitrogen and oxygen atoms in total. The molecule has 1 aromatic rings. The third kappa shape index (κ3) is 1.75. The maximum absolute atomic E-state index is 10.3. The van der Waals surface area contributed by atoms with Gasteiger partial charge in [0.1, 0.15) is 5.82 Å². The highest BCUT2D eigenvalue weighted by atomic mass is 16.5. The second-order valence-corrected chi connectivity index (χ2v) is 2.04. The Morgan fingerprint density at radius 3 is 2.58 bits per heavy atom. The summed E-state index contributed by atoms with van der Waals surface area (Å²) in [5, 5.41) is 0. The van der Waals surface area contributed by atoms with Gasteiger partial charge in [0.25, 0.3) is 0 Å². The van der Waals surface area contributed by atoms with Crippen LogP contribution >= 0.6 is 0 Å². The van der Waals surface area contributed by atoms with E-state index in [0.717, 1.165) is 0 Å². The summed E-state index contributed by atoms with van der Waals surface area (Å²) in [4.78, 5) is 13.9. The lowest BCUT2D eigenvalue weighted by atomic mass is 10.4. The van der Waals surface area contributed by atoms with Crippen LogP contribution in [-0.2, 0) is 0 Å². The standard InChI is InChI=1S/C6H8N4O2/c7-4-2-1-3(5(8)10-4)12-6(9)11/h1-2H,(H2,9,11)(H4,7,8,10). The topological polar surface area (TPSA) is 117 Å². The SMILES string of the molecule is NC(=O)Oc1ccc(N)nc1N. The molecule has 12 heavy (non-hydrogen) atoms. The molecule has 0 aliphatic heterocycles. The van der Waals surface area contributed by atoms with Crippen LogP contribution in [0.4, 0.5) is 16.4 Å². The van der Waals surface area contributed by atoms with Crippen molar-refractivity contribution in [2.45, 2.75) is 0 Å². The summed E-state index contributed by atoms with van der Waals surface area (Å²) in [7, 11) is 0. The molecule has 1 heterocycles. The van der Waals surface area contributed by atoms with Crippen LogP contribution in [0.3, 0.4) is 0 Å². The van der Waals surface area contributed by atoms with Crippen LogP contribution in [0.2, 0.25) is 0 Å². The lowest BCUT2D eigenvalue weighted by molar-refractivity contribution is 0.211. The molecule has 6 heteroatoms. The molecule has 6 N–H and O–H groups in total. The van der Waals surface area contributed by atoms with Crippen molar-refractivity contribution in [3.8, 4) is 5.75 Å². The maximum atomic E-state index is 10.3. The van der Waals surface area contributed by atoms with Gasteiger partial charge in [0, 0.05) is 0 Å². The van der Waals surface area contributed by atoms with Crippen LogP contribution in [-0.4, -0.2) is 11.1 Å². The van der Waals surface area contributed by atoms with Gasteiger partial charge in [-0.2, -0.15) is 0 Å². The predicted molar refractivity (Wildman–Crippen MR) is 43.3 cm³/mol. The van der Waals surface area contributed by atoms with Crippen molar-refractivity contribution in [2.75, 3.05) is 11.5 Å². The number of rotatable bonds is 1. The minimum atomic E-state index is -0.937. The number of ether oxygens (including phenoxy) is 1. The molecule has 0 bridgehead atoms. The molecular formula is C6H8N4O2. The number of nitrogens with two attached hydrogens (primary N) is 3. The van der Waals surface area contributed by atoms with Crippen LogP contribution in [0.5, 0.6) is 5.75 Å².